The largest absolute Gasteiger partial charge is 0.481 e. The molecule has 2 N–H and O–H groups in total. The molecule has 0 aromatic carbocycles. The van der Waals surface area contributed by atoms with Crippen molar-refractivity contribution in [3.63, 3.8) is 0 Å². The van der Waals surface area contributed by atoms with Gasteiger partial charge in [0.05, 0.1) is 17.3 Å². The second-order valence-corrected chi connectivity index (χ2v) is 8.71. The molecular weight excluding hydrogens is 320 g/mol. The number of hydrogen-bond acceptors (Lipinski definition) is 3. The molecule has 0 aliphatic heterocycles. The Labute approximate surface area is 148 Å². The van der Waals surface area contributed by atoms with Gasteiger partial charge in [-0.3, -0.25) is 14.4 Å². The molecule has 3 aliphatic carbocycles. The van der Waals surface area contributed by atoms with Crippen molar-refractivity contribution in [3.05, 3.63) is 11.6 Å². The number of hydrogen-bond donors (Lipinski definition) is 2. The molecule has 1 spiro atoms. The van der Waals surface area contributed by atoms with Gasteiger partial charge in [0.15, 0.2) is 5.78 Å². The van der Waals surface area contributed by atoms with Crippen LogP contribution in [0.5, 0.6) is 0 Å². The van der Waals surface area contributed by atoms with Crippen LogP contribution in [0.15, 0.2) is 11.6 Å². The van der Waals surface area contributed by atoms with Crippen LogP contribution in [0.3, 0.4) is 0 Å². The van der Waals surface area contributed by atoms with Gasteiger partial charge in [-0.25, -0.2) is 0 Å². The van der Waals surface area contributed by atoms with Gasteiger partial charge in [0, 0.05) is 0 Å². The van der Waals surface area contributed by atoms with Gasteiger partial charge in [0.1, 0.15) is 0 Å². The maximum atomic E-state index is 12.9. The predicted molar refractivity (Wildman–Crippen MR) is 91.9 cm³/mol. The molecule has 0 unspecified atom stereocenters. The van der Waals surface area contributed by atoms with Crippen LogP contribution >= 0.6 is 0 Å². The maximum Gasteiger partial charge on any atom is 0.307 e. The first-order chi connectivity index (χ1) is 11.6. The molecule has 2 fully saturated rings. The summed E-state index contributed by atoms with van der Waals surface area (Å²) in [5.41, 5.74) is 0.223. The van der Waals surface area contributed by atoms with Crippen molar-refractivity contribution in [2.75, 3.05) is 0 Å². The molecule has 0 aromatic heterocycles. The van der Waals surface area contributed by atoms with E-state index in [0.29, 0.717) is 19.3 Å². The Morgan fingerprint density at radius 2 is 2.00 bits per heavy atom. The van der Waals surface area contributed by atoms with Crippen molar-refractivity contribution in [1.82, 2.24) is 0 Å². The second kappa shape index (κ2) is 5.96. The summed E-state index contributed by atoms with van der Waals surface area (Å²) in [6.07, 6.45) is 5.99. The molecule has 3 rings (SSSR count). The number of carbonyl (C=O) groups is 3. The number of carboxylic acid groups (broad SMARTS) is 2. The number of fused-ring (bicyclic) bond motifs is 1. The Kier molecular flexibility index (Phi) is 4.33. The fraction of sp³-hybridized carbons (Fsp3) is 0.750. The van der Waals surface area contributed by atoms with Crippen LogP contribution in [0.1, 0.15) is 59.3 Å². The van der Waals surface area contributed by atoms with Crippen molar-refractivity contribution in [2.24, 2.45) is 34.5 Å². The fourth-order valence-electron chi connectivity index (χ4n) is 6.28. The van der Waals surface area contributed by atoms with E-state index in [1.807, 2.05) is 6.92 Å². The molecule has 0 aromatic rings. The SMILES string of the molecule is CC1=CC(=O)[C@@]23C[C@@H]1[C@](C)(CCC[C@@H](C)C(=O)O)[C@@H]2CC[C@@H]3C(=O)O. The zero-order chi connectivity index (χ0) is 18.6. The van der Waals surface area contributed by atoms with Crippen LogP contribution in [0, 0.1) is 34.5 Å². The van der Waals surface area contributed by atoms with Crippen LogP contribution in [-0.2, 0) is 14.4 Å². The molecule has 0 saturated heterocycles. The van der Waals surface area contributed by atoms with Crippen LogP contribution in [-0.4, -0.2) is 27.9 Å². The molecule has 5 nitrogen and oxygen atoms in total. The molecular formula is C20H28O5. The molecule has 138 valence electrons. The fourth-order valence-corrected chi connectivity index (χ4v) is 6.28. The van der Waals surface area contributed by atoms with E-state index in [1.54, 1.807) is 13.0 Å². The lowest BCUT2D eigenvalue weighted by Crippen LogP contribution is -2.42. The van der Waals surface area contributed by atoms with E-state index in [-0.39, 0.29) is 29.0 Å². The second-order valence-electron chi connectivity index (χ2n) is 8.71. The van der Waals surface area contributed by atoms with Crippen molar-refractivity contribution in [3.8, 4) is 0 Å². The lowest BCUT2D eigenvalue weighted by molar-refractivity contribution is -0.150. The van der Waals surface area contributed by atoms with E-state index in [9.17, 15) is 19.5 Å². The van der Waals surface area contributed by atoms with Crippen molar-refractivity contribution < 1.29 is 24.6 Å². The van der Waals surface area contributed by atoms with E-state index in [0.717, 1.165) is 24.8 Å². The van der Waals surface area contributed by atoms with Gasteiger partial charge in [-0.05, 0) is 62.4 Å². The third kappa shape index (κ3) is 2.46. The summed E-state index contributed by atoms with van der Waals surface area (Å²) < 4.78 is 0. The first kappa shape index (κ1) is 18.2. The smallest absolute Gasteiger partial charge is 0.307 e. The molecule has 0 radical (unpaired) electrons. The van der Waals surface area contributed by atoms with Crippen molar-refractivity contribution in [1.29, 1.82) is 0 Å². The van der Waals surface area contributed by atoms with Gasteiger partial charge in [-0.1, -0.05) is 25.8 Å². The summed E-state index contributed by atoms with van der Waals surface area (Å²) in [4.78, 5) is 35.8. The van der Waals surface area contributed by atoms with Gasteiger partial charge in [0.25, 0.3) is 0 Å². The molecule has 5 heteroatoms. The minimum atomic E-state index is -0.841. The summed E-state index contributed by atoms with van der Waals surface area (Å²) in [7, 11) is 0. The zero-order valence-corrected chi connectivity index (χ0v) is 15.2. The minimum absolute atomic E-state index is 0.0128. The molecule has 2 bridgehead atoms. The topological polar surface area (TPSA) is 91.7 Å². The molecule has 0 heterocycles. The highest BCUT2D eigenvalue weighted by Crippen LogP contribution is 2.71. The highest BCUT2D eigenvalue weighted by molar-refractivity contribution is 6.00. The summed E-state index contributed by atoms with van der Waals surface area (Å²) >= 11 is 0. The molecule has 0 amide bonds. The van der Waals surface area contributed by atoms with Crippen LogP contribution in [0.25, 0.3) is 0 Å². The Balaban J connectivity index is 1.89. The normalized spacial score (nSPS) is 40.5. The van der Waals surface area contributed by atoms with E-state index < -0.39 is 23.3 Å². The number of carbonyl (C=O) groups excluding carboxylic acids is 1. The van der Waals surface area contributed by atoms with Crippen molar-refractivity contribution in [2.45, 2.75) is 59.3 Å². The number of rotatable bonds is 6. The van der Waals surface area contributed by atoms with Crippen LogP contribution in [0.2, 0.25) is 0 Å². The highest BCUT2D eigenvalue weighted by Gasteiger charge is 2.70. The quantitative estimate of drug-likeness (QED) is 0.766. The third-order valence-corrected chi connectivity index (χ3v) is 7.56. The summed E-state index contributed by atoms with van der Waals surface area (Å²) in [5.74, 6) is -2.22. The Morgan fingerprint density at radius 1 is 1.32 bits per heavy atom. The average molecular weight is 348 g/mol. The minimum Gasteiger partial charge on any atom is -0.481 e. The standard InChI is InChI=1S/C20H28O5/c1-11(17(22)23)5-4-8-19(3)14-10-20(16(21)9-12(14)2)13(18(24)25)6-7-15(19)20/h9,11,13-15H,4-8,10H2,1-3H3,(H,22,23)(H,24,25)/t11-,13-,14+,15+,19+,20-/m1/s1. The first-order valence-electron chi connectivity index (χ1n) is 9.33. The highest BCUT2D eigenvalue weighted by atomic mass is 16.4. The molecule has 25 heavy (non-hydrogen) atoms. The number of ketones is 1. The monoisotopic (exact) mass is 348 g/mol. The van der Waals surface area contributed by atoms with Crippen LogP contribution < -0.4 is 0 Å². The number of carboxylic acids is 2. The van der Waals surface area contributed by atoms with Gasteiger partial charge < -0.3 is 10.2 Å². The lowest BCUT2D eigenvalue weighted by Gasteiger charge is -2.38. The maximum absolute atomic E-state index is 12.9. The molecule has 2 saturated carbocycles. The molecule has 3 aliphatic rings. The van der Waals surface area contributed by atoms with Gasteiger partial charge in [0.2, 0.25) is 0 Å². The lowest BCUT2D eigenvalue weighted by atomic mass is 9.65. The Morgan fingerprint density at radius 3 is 2.60 bits per heavy atom. The number of aliphatic carboxylic acids is 2. The van der Waals surface area contributed by atoms with Gasteiger partial charge >= 0.3 is 11.9 Å². The third-order valence-electron chi connectivity index (χ3n) is 7.56. The average Bonchev–Trinajstić information content (AvgIpc) is 3.00. The first-order valence-corrected chi connectivity index (χ1v) is 9.33. The van der Waals surface area contributed by atoms with Gasteiger partial charge in [-0.2, -0.15) is 0 Å². The van der Waals surface area contributed by atoms with E-state index >= 15 is 0 Å². The summed E-state index contributed by atoms with van der Waals surface area (Å²) in [6, 6.07) is 0. The molecule has 6 atom stereocenters. The van der Waals surface area contributed by atoms with E-state index in [1.165, 1.54) is 0 Å². The summed E-state index contributed by atoms with van der Waals surface area (Å²) in [5, 5.41) is 18.8. The Hall–Kier alpha value is -1.65. The Bertz CT molecular complexity index is 650. The predicted octanol–water partition coefficient (Wildman–Crippen LogP) is 3.53. The zero-order valence-electron chi connectivity index (χ0n) is 15.2. The van der Waals surface area contributed by atoms with E-state index in [2.05, 4.69) is 6.92 Å². The van der Waals surface area contributed by atoms with E-state index in [4.69, 9.17) is 5.11 Å². The summed E-state index contributed by atoms with van der Waals surface area (Å²) in [6.45, 7) is 5.92. The number of allylic oxidation sites excluding steroid dienone is 2. The van der Waals surface area contributed by atoms with Gasteiger partial charge in [-0.15, -0.1) is 0 Å². The van der Waals surface area contributed by atoms with Crippen molar-refractivity contribution >= 4 is 17.7 Å². The van der Waals surface area contributed by atoms with Crippen LogP contribution in [0.4, 0.5) is 0 Å².